The van der Waals surface area contributed by atoms with Crippen molar-refractivity contribution >= 4 is 23.0 Å². The summed E-state index contributed by atoms with van der Waals surface area (Å²) < 4.78 is 5.21. The summed E-state index contributed by atoms with van der Waals surface area (Å²) in [5, 5.41) is 15.5. The minimum Gasteiger partial charge on any atom is -0.495 e. The second-order valence-electron chi connectivity index (χ2n) is 4.26. The van der Waals surface area contributed by atoms with Crippen LogP contribution in [0.1, 0.15) is 19.4 Å². The quantitative estimate of drug-likeness (QED) is 0.817. The fourth-order valence-corrected chi connectivity index (χ4v) is 1.52. The van der Waals surface area contributed by atoms with E-state index in [-0.39, 0.29) is 0 Å². The molecule has 0 bridgehead atoms. The van der Waals surface area contributed by atoms with Gasteiger partial charge in [0, 0.05) is 12.6 Å². The first-order chi connectivity index (χ1) is 8.56. The van der Waals surface area contributed by atoms with Crippen LogP contribution in [0.2, 0.25) is 0 Å². The van der Waals surface area contributed by atoms with E-state index < -0.39 is 0 Å². The molecule has 5 heteroatoms. The average molecular weight is 263 g/mol. The summed E-state index contributed by atoms with van der Waals surface area (Å²) in [6, 6.07) is 7.24. The van der Waals surface area contributed by atoms with E-state index in [1.54, 1.807) is 25.3 Å². The SMILES string of the molecule is COc1cc(C#N)ccc1NC(=S)NCC(C)C. The summed E-state index contributed by atoms with van der Waals surface area (Å²) in [6.45, 7) is 5.03. The van der Waals surface area contributed by atoms with Crippen molar-refractivity contribution in [3.8, 4) is 11.8 Å². The van der Waals surface area contributed by atoms with Gasteiger partial charge in [-0.05, 0) is 30.3 Å². The minimum absolute atomic E-state index is 0.521. The van der Waals surface area contributed by atoms with E-state index >= 15 is 0 Å². The molecule has 0 saturated carbocycles. The second kappa shape index (κ2) is 6.82. The number of benzene rings is 1. The summed E-state index contributed by atoms with van der Waals surface area (Å²) in [5.41, 5.74) is 1.30. The standard InChI is InChI=1S/C13H17N3OS/c1-9(2)8-15-13(18)16-11-5-4-10(7-14)6-12(11)17-3/h4-6,9H,8H2,1-3H3,(H2,15,16,18). The van der Waals surface area contributed by atoms with Gasteiger partial charge in [-0.25, -0.2) is 0 Å². The summed E-state index contributed by atoms with van der Waals surface area (Å²) in [4.78, 5) is 0. The molecule has 0 radical (unpaired) electrons. The molecule has 0 saturated heterocycles. The number of methoxy groups -OCH3 is 1. The number of hydrogen-bond donors (Lipinski definition) is 2. The van der Waals surface area contributed by atoms with Crippen LogP contribution in [-0.2, 0) is 0 Å². The highest BCUT2D eigenvalue weighted by Gasteiger charge is 2.06. The van der Waals surface area contributed by atoms with Crippen LogP contribution in [0.15, 0.2) is 18.2 Å². The molecule has 0 fully saturated rings. The molecule has 0 spiro atoms. The summed E-state index contributed by atoms with van der Waals surface area (Å²) in [6.07, 6.45) is 0. The first-order valence-electron chi connectivity index (χ1n) is 5.69. The second-order valence-corrected chi connectivity index (χ2v) is 4.66. The highest BCUT2D eigenvalue weighted by atomic mass is 32.1. The fourth-order valence-electron chi connectivity index (χ4n) is 1.33. The molecule has 4 nitrogen and oxygen atoms in total. The zero-order valence-electron chi connectivity index (χ0n) is 10.8. The molecule has 1 rings (SSSR count). The summed E-state index contributed by atoms with van der Waals surface area (Å²) >= 11 is 5.18. The number of nitriles is 1. The van der Waals surface area contributed by atoms with Crippen molar-refractivity contribution in [1.82, 2.24) is 5.32 Å². The van der Waals surface area contributed by atoms with Crippen molar-refractivity contribution in [3.05, 3.63) is 23.8 Å². The maximum absolute atomic E-state index is 8.81. The molecule has 2 N–H and O–H groups in total. The lowest BCUT2D eigenvalue weighted by atomic mass is 10.2. The third kappa shape index (κ3) is 4.22. The van der Waals surface area contributed by atoms with Crippen LogP contribution in [0.5, 0.6) is 5.75 Å². The van der Waals surface area contributed by atoms with E-state index in [1.807, 2.05) is 0 Å². The Bertz CT molecular complexity index is 466. The van der Waals surface area contributed by atoms with Gasteiger partial charge in [-0.1, -0.05) is 13.8 Å². The molecule has 1 aromatic rings. The Balaban J connectivity index is 2.72. The van der Waals surface area contributed by atoms with Gasteiger partial charge >= 0.3 is 0 Å². The van der Waals surface area contributed by atoms with Gasteiger partial charge in [0.25, 0.3) is 0 Å². The van der Waals surface area contributed by atoms with Gasteiger partial charge in [0.2, 0.25) is 0 Å². The third-order valence-corrected chi connectivity index (χ3v) is 2.50. The summed E-state index contributed by atoms with van der Waals surface area (Å²) in [7, 11) is 1.56. The third-order valence-electron chi connectivity index (χ3n) is 2.25. The van der Waals surface area contributed by atoms with Crippen LogP contribution in [-0.4, -0.2) is 18.8 Å². The lowest BCUT2D eigenvalue weighted by Gasteiger charge is -2.14. The average Bonchev–Trinajstić information content (AvgIpc) is 2.36. The van der Waals surface area contributed by atoms with E-state index in [4.69, 9.17) is 22.2 Å². The fraction of sp³-hybridized carbons (Fsp3) is 0.385. The van der Waals surface area contributed by atoms with Crippen molar-refractivity contribution in [1.29, 1.82) is 5.26 Å². The van der Waals surface area contributed by atoms with Gasteiger partial charge in [-0.15, -0.1) is 0 Å². The van der Waals surface area contributed by atoms with Gasteiger partial charge in [-0.2, -0.15) is 5.26 Å². The highest BCUT2D eigenvalue weighted by molar-refractivity contribution is 7.80. The van der Waals surface area contributed by atoms with Crippen LogP contribution < -0.4 is 15.4 Å². The van der Waals surface area contributed by atoms with Crippen LogP contribution in [0, 0.1) is 17.2 Å². The van der Waals surface area contributed by atoms with Gasteiger partial charge in [0.1, 0.15) is 5.75 Å². The zero-order chi connectivity index (χ0) is 13.5. The van der Waals surface area contributed by atoms with Crippen LogP contribution in [0.4, 0.5) is 5.69 Å². The lowest BCUT2D eigenvalue weighted by molar-refractivity contribution is 0.416. The Morgan fingerprint density at radius 1 is 1.50 bits per heavy atom. The van der Waals surface area contributed by atoms with E-state index in [2.05, 4.69) is 30.6 Å². The van der Waals surface area contributed by atoms with Crippen molar-refractivity contribution < 1.29 is 4.74 Å². The predicted octanol–water partition coefficient (Wildman–Crippen LogP) is 2.51. The molecular weight excluding hydrogens is 246 g/mol. The largest absolute Gasteiger partial charge is 0.495 e. The van der Waals surface area contributed by atoms with Crippen LogP contribution >= 0.6 is 12.2 Å². The number of ether oxygens (including phenoxy) is 1. The molecule has 96 valence electrons. The lowest BCUT2D eigenvalue weighted by Crippen LogP contribution is -2.31. The van der Waals surface area contributed by atoms with E-state index in [0.717, 1.165) is 12.2 Å². The van der Waals surface area contributed by atoms with Crippen molar-refractivity contribution in [2.45, 2.75) is 13.8 Å². The smallest absolute Gasteiger partial charge is 0.170 e. The Kier molecular flexibility index (Phi) is 5.40. The molecule has 0 aromatic heterocycles. The number of hydrogen-bond acceptors (Lipinski definition) is 3. The van der Waals surface area contributed by atoms with Gasteiger partial charge in [0.15, 0.2) is 5.11 Å². The molecular formula is C13H17N3OS. The topological polar surface area (TPSA) is 57.1 Å². The Morgan fingerprint density at radius 3 is 2.78 bits per heavy atom. The Morgan fingerprint density at radius 2 is 2.22 bits per heavy atom. The molecule has 0 unspecified atom stereocenters. The van der Waals surface area contributed by atoms with Gasteiger partial charge in [0.05, 0.1) is 24.4 Å². The number of rotatable bonds is 4. The maximum Gasteiger partial charge on any atom is 0.170 e. The summed E-state index contributed by atoms with van der Waals surface area (Å²) in [5.74, 6) is 1.12. The number of anilines is 1. The first-order valence-corrected chi connectivity index (χ1v) is 6.10. The Hall–Kier alpha value is -1.80. The molecule has 0 aliphatic rings. The predicted molar refractivity (Wildman–Crippen MR) is 76.8 cm³/mol. The zero-order valence-corrected chi connectivity index (χ0v) is 11.6. The van der Waals surface area contributed by atoms with Crippen molar-refractivity contribution in [2.24, 2.45) is 5.92 Å². The molecule has 0 aliphatic heterocycles. The number of thiocarbonyl (C=S) groups is 1. The molecule has 0 amide bonds. The van der Waals surface area contributed by atoms with E-state index in [1.165, 1.54) is 0 Å². The normalized spacial score (nSPS) is 9.72. The van der Waals surface area contributed by atoms with Crippen molar-refractivity contribution in [3.63, 3.8) is 0 Å². The van der Waals surface area contributed by atoms with E-state index in [0.29, 0.717) is 22.3 Å². The molecule has 18 heavy (non-hydrogen) atoms. The first kappa shape index (κ1) is 14.3. The highest BCUT2D eigenvalue weighted by Crippen LogP contribution is 2.25. The number of nitrogens with one attached hydrogen (secondary N) is 2. The Labute approximate surface area is 113 Å². The van der Waals surface area contributed by atoms with Gasteiger partial charge < -0.3 is 15.4 Å². The monoisotopic (exact) mass is 263 g/mol. The molecule has 0 heterocycles. The maximum atomic E-state index is 8.81. The van der Waals surface area contributed by atoms with Gasteiger partial charge in [-0.3, -0.25) is 0 Å². The minimum atomic E-state index is 0.521. The van der Waals surface area contributed by atoms with E-state index in [9.17, 15) is 0 Å². The van der Waals surface area contributed by atoms with Crippen LogP contribution in [0.3, 0.4) is 0 Å². The molecule has 0 aliphatic carbocycles. The van der Waals surface area contributed by atoms with Crippen molar-refractivity contribution in [2.75, 3.05) is 19.0 Å². The molecule has 1 aromatic carbocycles. The van der Waals surface area contributed by atoms with Crippen LogP contribution in [0.25, 0.3) is 0 Å². The number of nitrogens with zero attached hydrogens (tertiary/aromatic N) is 1. The molecule has 0 atom stereocenters.